The lowest BCUT2D eigenvalue weighted by Crippen LogP contribution is -2.04. The van der Waals surface area contributed by atoms with Crippen LogP contribution >= 0.6 is 20.0 Å². The molecule has 0 N–H and O–H groups in total. The Morgan fingerprint density at radius 2 is 1.45 bits per heavy atom. The van der Waals surface area contributed by atoms with Gasteiger partial charge in [-0.1, -0.05) is 64.5 Å². The normalized spacial score (nSPS) is 11.6. The van der Waals surface area contributed by atoms with Crippen LogP contribution in [0.15, 0.2) is 29.2 Å². The molecule has 0 spiro atoms. The number of hydrogen-bond acceptors (Lipinski definition) is 3. The third-order valence-corrected chi connectivity index (χ3v) is 6.73. The van der Waals surface area contributed by atoms with Crippen LogP contribution in [-0.2, 0) is 4.57 Å². The second-order valence-corrected chi connectivity index (χ2v) is 9.13. The number of hydrogen-bond donors (Lipinski definition) is 1. The highest BCUT2D eigenvalue weighted by Gasteiger charge is 2.24. The minimum absolute atomic E-state index is 0.667. The Kier molecular flexibility index (Phi) is 9.99. The Hall–Kier alpha value is -0.400. The van der Waals surface area contributed by atoms with Gasteiger partial charge < -0.3 is 4.52 Å². The minimum atomic E-state index is -2.60. The summed E-state index contributed by atoms with van der Waals surface area (Å²) in [7, 11) is -2.60. The standard InChI is InChI=1S/C18H31O2PS/c1-3-5-7-11-15-21(19,16-12-8-6-4-2)20-17-13-9-10-14-18(17)22/h9-10,13-14,22H,3-8,11-12,15-16H2,1-2H3. The molecule has 0 heterocycles. The van der Waals surface area contributed by atoms with Gasteiger partial charge >= 0.3 is 0 Å². The Morgan fingerprint density at radius 3 is 1.95 bits per heavy atom. The molecule has 0 fully saturated rings. The van der Waals surface area contributed by atoms with E-state index in [-0.39, 0.29) is 0 Å². The number of thiol groups is 1. The lowest BCUT2D eigenvalue weighted by molar-refractivity contribution is 0.469. The summed E-state index contributed by atoms with van der Waals surface area (Å²) < 4.78 is 19.2. The molecule has 4 heteroatoms. The molecule has 0 aliphatic rings. The lowest BCUT2D eigenvalue weighted by Gasteiger charge is -2.20. The monoisotopic (exact) mass is 342 g/mol. The number of benzene rings is 1. The van der Waals surface area contributed by atoms with Gasteiger partial charge in [0.05, 0.1) is 0 Å². The highest BCUT2D eigenvalue weighted by atomic mass is 32.1. The van der Waals surface area contributed by atoms with Crippen LogP contribution in [0.25, 0.3) is 0 Å². The van der Waals surface area contributed by atoms with Gasteiger partial charge in [-0.2, -0.15) is 0 Å². The van der Waals surface area contributed by atoms with E-state index in [2.05, 4.69) is 26.5 Å². The molecule has 0 bridgehead atoms. The van der Waals surface area contributed by atoms with E-state index >= 15 is 0 Å². The van der Waals surface area contributed by atoms with Gasteiger partial charge in [-0.15, -0.1) is 12.6 Å². The molecule has 2 nitrogen and oxygen atoms in total. The summed E-state index contributed by atoms with van der Waals surface area (Å²) in [5.74, 6) is 0.667. The van der Waals surface area contributed by atoms with Gasteiger partial charge in [0.15, 0.2) is 0 Å². The average molecular weight is 342 g/mol. The first kappa shape index (κ1) is 19.6. The van der Waals surface area contributed by atoms with Gasteiger partial charge in [0, 0.05) is 17.2 Å². The lowest BCUT2D eigenvalue weighted by atomic mass is 10.2. The van der Waals surface area contributed by atoms with E-state index < -0.39 is 7.37 Å². The van der Waals surface area contributed by atoms with Crippen LogP contribution in [0.4, 0.5) is 0 Å². The molecule has 1 aromatic carbocycles. The maximum atomic E-state index is 13.2. The largest absolute Gasteiger partial charge is 0.442 e. The van der Waals surface area contributed by atoms with Crippen LogP contribution in [0.3, 0.4) is 0 Å². The van der Waals surface area contributed by atoms with Crippen LogP contribution in [0.2, 0.25) is 0 Å². The van der Waals surface area contributed by atoms with Crippen molar-refractivity contribution in [2.45, 2.75) is 70.1 Å². The van der Waals surface area contributed by atoms with Crippen LogP contribution in [0.5, 0.6) is 5.75 Å². The molecule has 0 amide bonds. The van der Waals surface area contributed by atoms with Crippen molar-refractivity contribution in [2.24, 2.45) is 0 Å². The second kappa shape index (κ2) is 11.2. The second-order valence-electron chi connectivity index (χ2n) is 5.94. The van der Waals surface area contributed by atoms with Crippen molar-refractivity contribution in [3.63, 3.8) is 0 Å². The van der Waals surface area contributed by atoms with Crippen molar-refractivity contribution >= 4 is 20.0 Å². The SMILES string of the molecule is CCCCCCP(=O)(CCCCCC)Oc1ccccc1S. The quantitative estimate of drug-likeness (QED) is 0.257. The third-order valence-electron chi connectivity index (χ3n) is 3.83. The molecule has 0 unspecified atom stereocenters. The molecule has 1 rings (SSSR count). The molecule has 0 saturated carbocycles. The third kappa shape index (κ3) is 7.74. The van der Waals surface area contributed by atoms with Crippen molar-refractivity contribution in [3.8, 4) is 5.75 Å². The van der Waals surface area contributed by atoms with E-state index in [1.165, 1.54) is 25.7 Å². The van der Waals surface area contributed by atoms with E-state index in [1.54, 1.807) is 0 Å². The van der Waals surface area contributed by atoms with Crippen LogP contribution < -0.4 is 4.52 Å². The fraction of sp³-hybridized carbons (Fsp3) is 0.667. The topological polar surface area (TPSA) is 26.3 Å². The van der Waals surface area contributed by atoms with Crippen molar-refractivity contribution < 1.29 is 9.09 Å². The fourth-order valence-corrected chi connectivity index (χ4v) is 5.09. The Labute approximate surface area is 141 Å². The van der Waals surface area contributed by atoms with E-state index in [9.17, 15) is 4.57 Å². The van der Waals surface area contributed by atoms with Gasteiger partial charge in [-0.3, -0.25) is 4.57 Å². The summed E-state index contributed by atoms with van der Waals surface area (Å²) in [5, 5.41) is 0. The highest BCUT2D eigenvalue weighted by Crippen LogP contribution is 2.50. The van der Waals surface area contributed by atoms with E-state index in [0.29, 0.717) is 18.1 Å². The van der Waals surface area contributed by atoms with Crippen molar-refractivity contribution in [2.75, 3.05) is 12.3 Å². The summed E-state index contributed by atoms with van der Waals surface area (Å²) in [5.41, 5.74) is 0. The van der Waals surface area contributed by atoms with Crippen molar-refractivity contribution in [1.29, 1.82) is 0 Å². The van der Waals surface area contributed by atoms with Gasteiger partial charge in [-0.25, -0.2) is 0 Å². The molecule has 0 aliphatic heterocycles. The van der Waals surface area contributed by atoms with E-state index in [4.69, 9.17) is 4.52 Å². The van der Waals surface area contributed by atoms with Crippen molar-refractivity contribution in [1.82, 2.24) is 0 Å². The Balaban J connectivity index is 2.63. The molecule has 0 radical (unpaired) electrons. The van der Waals surface area contributed by atoms with Crippen LogP contribution in [0, 0.1) is 0 Å². The minimum Gasteiger partial charge on any atom is -0.442 e. The maximum absolute atomic E-state index is 13.2. The zero-order valence-electron chi connectivity index (χ0n) is 14.1. The average Bonchev–Trinajstić information content (AvgIpc) is 2.51. The molecule has 0 aromatic heterocycles. The molecule has 1 aromatic rings. The van der Waals surface area contributed by atoms with E-state index in [0.717, 1.165) is 30.6 Å². The predicted molar refractivity (Wildman–Crippen MR) is 99.9 cm³/mol. The Bertz CT molecular complexity index is 446. The molecule has 0 saturated heterocycles. The summed E-state index contributed by atoms with van der Waals surface area (Å²) >= 11 is 4.41. The summed E-state index contributed by atoms with van der Waals surface area (Å²) in [6.07, 6.45) is 10.5. The Morgan fingerprint density at radius 1 is 0.909 bits per heavy atom. The molecular weight excluding hydrogens is 311 g/mol. The van der Waals surface area contributed by atoms with Crippen LogP contribution in [-0.4, -0.2) is 12.3 Å². The molecule has 22 heavy (non-hydrogen) atoms. The van der Waals surface area contributed by atoms with Gasteiger partial charge in [0.25, 0.3) is 0 Å². The summed E-state index contributed by atoms with van der Waals surface area (Å²) in [6.45, 7) is 4.38. The molecule has 126 valence electrons. The maximum Gasteiger partial charge on any atom is 0.248 e. The first-order valence-electron chi connectivity index (χ1n) is 8.67. The van der Waals surface area contributed by atoms with Crippen molar-refractivity contribution in [3.05, 3.63) is 24.3 Å². The van der Waals surface area contributed by atoms with E-state index in [1.807, 2.05) is 24.3 Å². The number of unbranched alkanes of at least 4 members (excludes halogenated alkanes) is 6. The number of rotatable bonds is 12. The fourth-order valence-electron chi connectivity index (χ4n) is 2.48. The molecule has 0 aliphatic carbocycles. The highest BCUT2D eigenvalue weighted by molar-refractivity contribution is 7.80. The van der Waals surface area contributed by atoms with Gasteiger partial charge in [-0.05, 0) is 25.0 Å². The van der Waals surface area contributed by atoms with Gasteiger partial charge in [0.1, 0.15) is 5.75 Å². The van der Waals surface area contributed by atoms with Crippen LogP contribution in [0.1, 0.15) is 65.2 Å². The van der Waals surface area contributed by atoms with Gasteiger partial charge in [0.2, 0.25) is 7.37 Å². The zero-order valence-corrected chi connectivity index (χ0v) is 15.9. The first-order chi connectivity index (χ1) is 10.6. The summed E-state index contributed by atoms with van der Waals surface area (Å²) in [4.78, 5) is 0.768. The summed E-state index contributed by atoms with van der Waals surface area (Å²) in [6, 6.07) is 7.58. The number of para-hydroxylation sites is 1. The smallest absolute Gasteiger partial charge is 0.248 e. The first-order valence-corrected chi connectivity index (χ1v) is 11.1. The molecular formula is C18H31O2PS. The predicted octanol–water partition coefficient (Wildman–Crippen LogP) is 6.79. The zero-order chi connectivity index (χ0) is 16.3. The molecule has 0 atom stereocenters.